The van der Waals surface area contributed by atoms with E-state index in [-0.39, 0.29) is 18.2 Å². The average Bonchev–Trinajstić information content (AvgIpc) is 2.66. The number of hydrogen-bond acceptors (Lipinski definition) is 4. The Kier molecular flexibility index (Phi) is 6.81. The van der Waals surface area contributed by atoms with E-state index in [2.05, 4.69) is 10.1 Å². The molecule has 0 amide bonds. The maximum Gasteiger partial charge on any atom is 0.416 e. The minimum Gasteiger partial charge on any atom is -0.489 e. The van der Waals surface area contributed by atoms with Crippen LogP contribution in [0.3, 0.4) is 0 Å². The maximum absolute atomic E-state index is 12.8. The molecular formula is C19H20F3N3O2. The molecule has 0 spiro atoms. The molecular weight excluding hydrogens is 359 g/mol. The number of nitrogens with zero attached hydrogens (tertiary/aromatic N) is 2. The first-order valence-corrected chi connectivity index (χ1v) is 8.17. The Morgan fingerprint density at radius 1 is 1.11 bits per heavy atom. The molecule has 0 heterocycles. The molecule has 0 bridgehead atoms. The Bertz CT molecular complexity index is 833. The minimum atomic E-state index is -4.43. The third-order valence-corrected chi connectivity index (χ3v) is 3.60. The Labute approximate surface area is 155 Å². The molecule has 2 N–H and O–H groups in total. The molecule has 144 valence electrons. The summed E-state index contributed by atoms with van der Waals surface area (Å²) in [6.45, 7) is 2.16. The molecule has 0 atom stereocenters. The lowest BCUT2D eigenvalue weighted by Crippen LogP contribution is -2.26. The van der Waals surface area contributed by atoms with Gasteiger partial charge in [-0.1, -0.05) is 35.5 Å². The zero-order valence-electron chi connectivity index (χ0n) is 15.0. The van der Waals surface area contributed by atoms with E-state index >= 15 is 0 Å². The summed E-state index contributed by atoms with van der Waals surface area (Å²) in [5.41, 5.74) is 6.78. The largest absolute Gasteiger partial charge is 0.489 e. The van der Waals surface area contributed by atoms with E-state index < -0.39 is 11.7 Å². The Morgan fingerprint density at radius 3 is 2.52 bits per heavy atom. The summed E-state index contributed by atoms with van der Waals surface area (Å²) in [5.74, 6) is 0.287. The number of ether oxygens (including phenoxy) is 1. The summed E-state index contributed by atoms with van der Waals surface area (Å²) >= 11 is 0. The van der Waals surface area contributed by atoms with E-state index in [1.54, 1.807) is 31.2 Å². The molecule has 0 aromatic heterocycles. The third kappa shape index (κ3) is 5.47. The summed E-state index contributed by atoms with van der Waals surface area (Å²) in [7, 11) is 1.53. The SMILES string of the molecule is CCON=C(C(N)=NC)c1ccccc1COc1cccc(C(F)(F)F)c1. The summed E-state index contributed by atoms with van der Waals surface area (Å²) in [6, 6.07) is 11.8. The highest BCUT2D eigenvalue weighted by Gasteiger charge is 2.30. The van der Waals surface area contributed by atoms with Gasteiger partial charge in [0.25, 0.3) is 0 Å². The van der Waals surface area contributed by atoms with Crippen molar-refractivity contribution in [1.82, 2.24) is 0 Å². The minimum absolute atomic E-state index is 0.0274. The molecule has 0 saturated carbocycles. The van der Waals surface area contributed by atoms with Gasteiger partial charge >= 0.3 is 6.18 Å². The quantitative estimate of drug-likeness (QED) is 0.449. The van der Waals surface area contributed by atoms with Crippen molar-refractivity contribution in [2.75, 3.05) is 13.7 Å². The second kappa shape index (κ2) is 9.07. The molecule has 0 saturated heterocycles. The van der Waals surface area contributed by atoms with E-state index in [0.717, 1.165) is 12.1 Å². The molecule has 0 aliphatic rings. The average molecular weight is 379 g/mol. The van der Waals surface area contributed by atoms with Crippen molar-refractivity contribution in [3.8, 4) is 5.75 Å². The lowest BCUT2D eigenvalue weighted by Gasteiger charge is -2.14. The number of alkyl halides is 3. The molecule has 2 aromatic carbocycles. The van der Waals surface area contributed by atoms with Crippen LogP contribution in [0.4, 0.5) is 13.2 Å². The van der Waals surface area contributed by atoms with Crippen LogP contribution < -0.4 is 10.5 Å². The fraction of sp³-hybridized carbons (Fsp3) is 0.263. The van der Waals surface area contributed by atoms with Crippen LogP contribution in [0, 0.1) is 0 Å². The first-order chi connectivity index (χ1) is 12.9. The van der Waals surface area contributed by atoms with Crippen molar-refractivity contribution in [2.24, 2.45) is 15.9 Å². The van der Waals surface area contributed by atoms with Crippen molar-refractivity contribution in [2.45, 2.75) is 19.7 Å². The van der Waals surface area contributed by atoms with E-state index in [1.807, 2.05) is 0 Å². The molecule has 2 aromatic rings. The van der Waals surface area contributed by atoms with E-state index in [1.165, 1.54) is 19.2 Å². The van der Waals surface area contributed by atoms with Gasteiger partial charge in [0.1, 0.15) is 24.8 Å². The van der Waals surface area contributed by atoms with E-state index in [4.69, 9.17) is 15.3 Å². The smallest absolute Gasteiger partial charge is 0.416 e. The summed E-state index contributed by atoms with van der Waals surface area (Å²) in [6.07, 6.45) is -4.43. The molecule has 8 heteroatoms. The van der Waals surface area contributed by atoms with Gasteiger partial charge in [0, 0.05) is 12.6 Å². The molecule has 2 rings (SSSR count). The molecule has 5 nitrogen and oxygen atoms in total. The predicted octanol–water partition coefficient (Wildman–Crippen LogP) is 4.01. The molecule has 0 unspecified atom stereocenters. The number of halogens is 3. The van der Waals surface area contributed by atoms with Crippen LogP contribution >= 0.6 is 0 Å². The van der Waals surface area contributed by atoms with Gasteiger partial charge in [-0.15, -0.1) is 0 Å². The van der Waals surface area contributed by atoms with Gasteiger partial charge in [0.05, 0.1) is 5.56 Å². The highest BCUT2D eigenvalue weighted by molar-refractivity contribution is 6.47. The zero-order valence-corrected chi connectivity index (χ0v) is 15.0. The number of aliphatic imine (C=N–C) groups is 1. The third-order valence-electron chi connectivity index (χ3n) is 3.60. The van der Waals surface area contributed by atoms with Crippen molar-refractivity contribution in [3.05, 3.63) is 65.2 Å². The van der Waals surface area contributed by atoms with Crippen molar-refractivity contribution in [3.63, 3.8) is 0 Å². The first kappa shape index (κ1) is 20.3. The number of benzene rings is 2. The number of oxime groups is 1. The molecule has 0 radical (unpaired) electrons. The van der Waals surface area contributed by atoms with Gasteiger partial charge in [-0.2, -0.15) is 13.2 Å². The molecule has 27 heavy (non-hydrogen) atoms. The van der Waals surface area contributed by atoms with Crippen LogP contribution in [0.15, 0.2) is 58.7 Å². The number of nitrogens with two attached hydrogens (primary N) is 1. The fourth-order valence-electron chi connectivity index (χ4n) is 2.27. The Hall–Kier alpha value is -3.03. The summed E-state index contributed by atoms with van der Waals surface area (Å²) in [4.78, 5) is 9.04. The van der Waals surface area contributed by atoms with Gasteiger partial charge in [-0.3, -0.25) is 4.99 Å². The van der Waals surface area contributed by atoms with E-state index in [0.29, 0.717) is 23.4 Å². The number of hydrogen-bond donors (Lipinski definition) is 1. The van der Waals surface area contributed by atoms with Crippen LogP contribution in [0.2, 0.25) is 0 Å². The predicted molar refractivity (Wildman–Crippen MR) is 97.9 cm³/mol. The lowest BCUT2D eigenvalue weighted by molar-refractivity contribution is -0.137. The standard InChI is InChI=1S/C19H20F3N3O2/c1-3-27-25-17(18(23)24-2)16-10-5-4-7-13(16)12-26-15-9-6-8-14(11-15)19(20,21)22/h4-11H,3,12H2,1-2H3,(H2,23,24). The first-order valence-electron chi connectivity index (χ1n) is 8.17. The lowest BCUT2D eigenvalue weighted by atomic mass is 10.0. The number of rotatable bonds is 7. The second-order valence-electron chi connectivity index (χ2n) is 5.44. The van der Waals surface area contributed by atoms with E-state index in [9.17, 15) is 13.2 Å². The molecule has 0 fully saturated rings. The van der Waals surface area contributed by atoms with Crippen LogP contribution in [0.5, 0.6) is 5.75 Å². The fourth-order valence-corrected chi connectivity index (χ4v) is 2.27. The monoisotopic (exact) mass is 379 g/mol. The van der Waals surface area contributed by atoms with Gasteiger partial charge < -0.3 is 15.3 Å². The Morgan fingerprint density at radius 2 is 1.85 bits per heavy atom. The second-order valence-corrected chi connectivity index (χ2v) is 5.44. The van der Waals surface area contributed by atoms with Crippen molar-refractivity contribution in [1.29, 1.82) is 0 Å². The van der Waals surface area contributed by atoms with Crippen LogP contribution in [0.1, 0.15) is 23.6 Å². The summed E-state index contributed by atoms with van der Waals surface area (Å²) < 4.78 is 44.1. The van der Waals surface area contributed by atoms with Crippen molar-refractivity contribution < 1.29 is 22.7 Å². The van der Waals surface area contributed by atoms with Crippen LogP contribution in [0.25, 0.3) is 0 Å². The van der Waals surface area contributed by atoms with Crippen molar-refractivity contribution >= 4 is 11.5 Å². The molecule has 0 aliphatic heterocycles. The normalized spacial score (nSPS) is 12.8. The van der Waals surface area contributed by atoms with Gasteiger partial charge in [-0.05, 0) is 30.7 Å². The van der Waals surface area contributed by atoms with Gasteiger partial charge in [0.15, 0.2) is 5.71 Å². The topological polar surface area (TPSA) is 69.2 Å². The van der Waals surface area contributed by atoms with Crippen LogP contribution in [-0.4, -0.2) is 25.2 Å². The van der Waals surface area contributed by atoms with Gasteiger partial charge in [-0.25, -0.2) is 0 Å². The maximum atomic E-state index is 12.8. The highest BCUT2D eigenvalue weighted by Crippen LogP contribution is 2.31. The van der Waals surface area contributed by atoms with Gasteiger partial charge in [0.2, 0.25) is 0 Å². The Balaban J connectivity index is 2.28. The molecule has 0 aliphatic carbocycles. The number of amidine groups is 1. The summed E-state index contributed by atoms with van der Waals surface area (Å²) in [5, 5.41) is 4.00. The van der Waals surface area contributed by atoms with Crippen LogP contribution in [-0.2, 0) is 17.6 Å². The zero-order chi connectivity index (χ0) is 19.9. The highest BCUT2D eigenvalue weighted by atomic mass is 19.4.